The van der Waals surface area contributed by atoms with Gasteiger partial charge in [0.1, 0.15) is 5.75 Å². The SMILES string of the molecule is COc1cc(NC(=O)N[C@@H](C)c2cccnc2)ccc1Cl. The van der Waals surface area contributed by atoms with Crippen LogP contribution >= 0.6 is 11.6 Å². The number of urea groups is 1. The highest BCUT2D eigenvalue weighted by Gasteiger charge is 2.10. The number of anilines is 1. The Labute approximate surface area is 128 Å². The van der Waals surface area contributed by atoms with Gasteiger partial charge in [-0.15, -0.1) is 0 Å². The van der Waals surface area contributed by atoms with Crippen LogP contribution in [0.1, 0.15) is 18.5 Å². The Kier molecular flexibility index (Phi) is 5.00. The summed E-state index contributed by atoms with van der Waals surface area (Å²) < 4.78 is 5.11. The third kappa shape index (κ3) is 4.10. The molecule has 0 unspecified atom stereocenters. The monoisotopic (exact) mass is 305 g/mol. The van der Waals surface area contributed by atoms with Crippen LogP contribution in [0.25, 0.3) is 0 Å². The van der Waals surface area contributed by atoms with Gasteiger partial charge in [-0.1, -0.05) is 17.7 Å². The third-order valence-corrected chi connectivity index (χ3v) is 3.25. The number of halogens is 1. The van der Waals surface area contributed by atoms with Crippen molar-refractivity contribution in [1.82, 2.24) is 10.3 Å². The van der Waals surface area contributed by atoms with E-state index in [4.69, 9.17) is 16.3 Å². The summed E-state index contributed by atoms with van der Waals surface area (Å²) in [4.78, 5) is 16.0. The number of ether oxygens (including phenoxy) is 1. The van der Waals surface area contributed by atoms with Crippen molar-refractivity contribution in [2.75, 3.05) is 12.4 Å². The Hall–Kier alpha value is -2.27. The minimum absolute atomic E-state index is 0.145. The number of rotatable bonds is 4. The van der Waals surface area contributed by atoms with Crippen molar-refractivity contribution in [3.05, 3.63) is 53.3 Å². The summed E-state index contributed by atoms with van der Waals surface area (Å²) in [5.74, 6) is 0.509. The van der Waals surface area contributed by atoms with E-state index < -0.39 is 0 Å². The zero-order chi connectivity index (χ0) is 15.2. The lowest BCUT2D eigenvalue weighted by Gasteiger charge is -2.15. The predicted octanol–water partition coefficient (Wildman–Crippen LogP) is 3.63. The second-order valence-electron chi connectivity index (χ2n) is 4.46. The Bertz CT molecular complexity index is 620. The van der Waals surface area contributed by atoms with E-state index >= 15 is 0 Å². The number of benzene rings is 1. The summed E-state index contributed by atoms with van der Waals surface area (Å²) in [7, 11) is 1.52. The van der Waals surface area contributed by atoms with Gasteiger partial charge >= 0.3 is 6.03 Å². The summed E-state index contributed by atoms with van der Waals surface area (Å²) in [6.07, 6.45) is 3.41. The van der Waals surface area contributed by atoms with Gasteiger partial charge in [-0.05, 0) is 30.7 Å². The van der Waals surface area contributed by atoms with Crippen molar-refractivity contribution in [3.63, 3.8) is 0 Å². The lowest BCUT2D eigenvalue weighted by Crippen LogP contribution is -2.31. The van der Waals surface area contributed by atoms with Gasteiger partial charge in [-0.3, -0.25) is 4.98 Å². The molecule has 1 aromatic carbocycles. The van der Waals surface area contributed by atoms with Gasteiger partial charge in [0, 0.05) is 24.1 Å². The van der Waals surface area contributed by atoms with Gasteiger partial charge < -0.3 is 15.4 Å². The maximum absolute atomic E-state index is 12.0. The van der Waals surface area contributed by atoms with E-state index in [2.05, 4.69) is 15.6 Å². The minimum atomic E-state index is -0.310. The molecule has 0 aliphatic carbocycles. The van der Waals surface area contributed by atoms with Crippen molar-refractivity contribution in [2.24, 2.45) is 0 Å². The van der Waals surface area contributed by atoms with Crippen molar-refractivity contribution < 1.29 is 9.53 Å². The molecule has 1 heterocycles. The molecule has 0 saturated carbocycles. The predicted molar refractivity (Wildman–Crippen MR) is 82.8 cm³/mol. The molecule has 0 saturated heterocycles. The van der Waals surface area contributed by atoms with Crippen molar-refractivity contribution in [1.29, 1.82) is 0 Å². The maximum atomic E-state index is 12.0. The van der Waals surface area contributed by atoms with Gasteiger partial charge in [0.05, 0.1) is 18.2 Å². The maximum Gasteiger partial charge on any atom is 0.319 e. The molecule has 0 fully saturated rings. The second-order valence-corrected chi connectivity index (χ2v) is 4.86. The molecule has 5 nitrogen and oxygen atoms in total. The number of nitrogens with one attached hydrogen (secondary N) is 2. The number of amides is 2. The minimum Gasteiger partial charge on any atom is -0.495 e. The van der Waals surface area contributed by atoms with Crippen LogP contribution in [0.15, 0.2) is 42.7 Å². The molecular weight excluding hydrogens is 290 g/mol. The molecule has 2 aromatic rings. The summed E-state index contributed by atoms with van der Waals surface area (Å²) in [6.45, 7) is 1.89. The number of hydrogen-bond donors (Lipinski definition) is 2. The average molecular weight is 306 g/mol. The summed E-state index contributed by atoms with van der Waals surface area (Å²) in [5, 5.41) is 6.06. The van der Waals surface area contributed by atoms with E-state index in [0.717, 1.165) is 5.56 Å². The highest BCUT2D eigenvalue weighted by Crippen LogP contribution is 2.27. The largest absolute Gasteiger partial charge is 0.495 e. The van der Waals surface area contributed by atoms with E-state index in [-0.39, 0.29) is 12.1 Å². The molecular formula is C15H16ClN3O2. The third-order valence-electron chi connectivity index (χ3n) is 2.94. The van der Waals surface area contributed by atoms with Crippen LogP contribution in [0, 0.1) is 0 Å². The first-order valence-electron chi connectivity index (χ1n) is 6.41. The lowest BCUT2D eigenvalue weighted by molar-refractivity contribution is 0.249. The highest BCUT2D eigenvalue weighted by atomic mass is 35.5. The van der Waals surface area contributed by atoms with Crippen molar-refractivity contribution in [2.45, 2.75) is 13.0 Å². The lowest BCUT2D eigenvalue weighted by atomic mass is 10.1. The van der Waals surface area contributed by atoms with E-state index in [1.165, 1.54) is 7.11 Å². The van der Waals surface area contributed by atoms with Gasteiger partial charge in [0.2, 0.25) is 0 Å². The zero-order valence-electron chi connectivity index (χ0n) is 11.8. The molecule has 0 bridgehead atoms. The molecule has 1 aromatic heterocycles. The average Bonchev–Trinajstić information content (AvgIpc) is 2.50. The Balaban J connectivity index is 1.99. The van der Waals surface area contributed by atoms with Crippen LogP contribution in [-0.2, 0) is 0 Å². The van der Waals surface area contributed by atoms with Crippen LogP contribution in [0.3, 0.4) is 0 Å². The van der Waals surface area contributed by atoms with Crippen LogP contribution in [0.2, 0.25) is 5.02 Å². The topological polar surface area (TPSA) is 63.2 Å². The van der Waals surface area contributed by atoms with Crippen molar-refractivity contribution >= 4 is 23.3 Å². The first kappa shape index (κ1) is 15.1. The fourth-order valence-electron chi connectivity index (χ4n) is 1.82. The molecule has 2 rings (SSSR count). The summed E-state index contributed by atoms with van der Waals surface area (Å²) in [6, 6.07) is 8.32. The van der Waals surface area contributed by atoms with Gasteiger partial charge in [0.15, 0.2) is 0 Å². The standard InChI is InChI=1S/C15H16ClN3O2/c1-10(11-4-3-7-17-9-11)18-15(20)19-12-5-6-13(16)14(8-12)21-2/h3-10H,1-2H3,(H2,18,19,20)/t10-/m0/s1. The Morgan fingerprint density at radius 3 is 2.86 bits per heavy atom. The normalized spacial score (nSPS) is 11.6. The van der Waals surface area contributed by atoms with Gasteiger partial charge in [-0.2, -0.15) is 0 Å². The van der Waals surface area contributed by atoms with Gasteiger partial charge in [0.25, 0.3) is 0 Å². The number of carbonyl (C=O) groups is 1. The van der Waals surface area contributed by atoms with Crippen molar-refractivity contribution in [3.8, 4) is 5.75 Å². The molecule has 6 heteroatoms. The fourth-order valence-corrected chi connectivity index (χ4v) is 2.01. The molecule has 21 heavy (non-hydrogen) atoms. The molecule has 2 N–H and O–H groups in total. The molecule has 1 atom stereocenters. The molecule has 0 aliphatic heterocycles. The number of hydrogen-bond acceptors (Lipinski definition) is 3. The van der Waals surface area contributed by atoms with Gasteiger partial charge in [-0.25, -0.2) is 4.79 Å². The molecule has 0 radical (unpaired) electrons. The molecule has 0 spiro atoms. The Morgan fingerprint density at radius 2 is 2.19 bits per heavy atom. The fraction of sp³-hybridized carbons (Fsp3) is 0.200. The molecule has 0 aliphatic rings. The zero-order valence-corrected chi connectivity index (χ0v) is 12.5. The number of aromatic nitrogens is 1. The van der Waals surface area contributed by atoms with E-state index in [1.807, 2.05) is 19.1 Å². The summed E-state index contributed by atoms with van der Waals surface area (Å²) in [5.41, 5.74) is 1.54. The number of nitrogens with zero attached hydrogens (tertiary/aromatic N) is 1. The van der Waals surface area contributed by atoms with E-state index in [0.29, 0.717) is 16.5 Å². The number of pyridine rings is 1. The van der Waals surface area contributed by atoms with Crippen LogP contribution < -0.4 is 15.4 Å². The van der Waals surface area contributed by atoms with E-state index in [9.17, 15) is 4.79 Å². The number of methoxy groups -OCH3 is 1. The van der Waals surface area contributed by atoms with Crippen LogP contribution in [-0.4, -0.2) is 18.1 Å². The van der Waals surface area contributed by atoms with Crippen LogP contribution in [0.4, 0.5) is 10.5 Å². The molecule has 110 valence electrons. The Morgan fingerprint density at radius 1 is 1.38 bits per heavy atom. The first-order chi connectivity index (χ1) is 10.1. The number of carbonyl (C=O) groups excluding carboxylic acids is 1. The quantitative estimate of drug-likeness (QED) is 0.906. The molecule has 2 amide bonds. The second kappa shape index (κ2) is 6.95. The van der Waals surface area contributed by atoms with Crippen LogP contribution in [0.5, 0.6) is 5.75 Å². The van der Waals surface area contributed by atoms with E-state index in [1.54, 1.807) is 30.6 Å². The summed E-state index contributed by atoms with van der Waals surface area (Å²) >= 11 is 5.94. The smallest absolute Gasteiger partial charge is 0.319 e. The highest BCUT2D eigenvalue weighted by molar-refractivity contribution is 6.32. The first-order valence-corrected chi connectivity index (χ1v) is 6.79.